The Morgan fingerprint density at radius 1 is 1.00 bits per heavy atom. The van der Waals surface area contributed by atoms with Gasteiger partial charge in [0.15, 0.2) is 0 Å². The van der Waals surface area contributed by atoms with Crippen molar-refractivity contribution in [3.8, 4) is 16.9 Å². The minimum absolute atomic E-state index is 0.0164. The van der Waals surface area contributed by atoms with Crippen LogP contribution in [0.15, 0.2) is 60.7 Å². The van der Waals surface area contributed by atoms with Gasteiger partial charge >= 0.3 is 0 Å². The highest BCUT2D eigenvalue weighted by Crippen LogP contribution is 2.24. The average Bonchev–Trinajstić information content (AvgIpc) is 3.13. The van der Waals surface area contributed by atoms with Crippen LogP contribution >= 0.6 is 0 Å². The first-order chi connectivity index (χ1) is 13.5. The van der Waals surface area contributed by atoms with Gasteiger partial charge in [-0.25, -0.2) is 4.68 Å². The van der Waals surface area contributed by atoms with Crippen LogP contribution in [0.25, 0.3) is 16.9 Å². The molecule has 1 saturated heterocycles. The standard InChI is InChI=1S/C23H25N3O2/c1-16-9-11-20(12-10-16)26-22(13-21(24-26)19-7-5-4-6-8-19)23(27)25-14-17(2)28-18(3)15-25/h4-13,17-18H,14-15H2,1-3H3/t17-,18+. The van der Waals surface area contributed by atoms with E-state index in [4.69, 9.17) is 9.84 Å². The molecule has 0 radical (unpaired) electrons. The Morgan fingerprint density at radius 2 is 1.64 bits per heavy atom. The van der Waals surface area contributed by atoms with Gasteiger partial charge in [-0.3, -0.25) is 4.79 Å². The van der Waals surface area contributed by atoms with Gasteiger partial charge in [0.05, 0.1) is 23.6 Å². The van der Waals surface area contributed by atoms with Gasteiger partial charge in [0.2, 0.25) is 0 Å². The molecule has 4 rings (SSSR count). The van der Waals surface area contributed by atoms with E-state index >= 15 is 0 Å². The molecule has 1 aromatic heterocycles. The van der Waals surface area contributed by atoms with Crippen LogP contribution in [-0.2, 0) is 4.74 Å². The third kappa shape index (κ3) is 3.71. The van der Waals surface area contributed by atoms with Crippen molar-refractivity contribution >= 4 is 5.91 Å². The zero-order valence-electron chi connectivity index (χ0n) is 16.5. The highest BCUT2D eigenvalue weighted by Gasteiger charge is 2.29. The molecule has 1 aliphatic rings. The first kappa shape index (κ1) is 18.4. The molecule has 1 aliphatic heterocycles. The van der Waals surface area contributed by atoms with E-state index in [9.17, 15) is 4.79 Å². The van der Waals surface area contributed by atoms with Crippen molar-refractivity contribution in [3.05, 3.63) is 71.9 Å². The van der Waals surface area contributed by atoms with Crippen molar-refractivity contribution in [2.75, 3.05) is 13.1 Å². The van der Waals surface area contributed by atoms with Crippen molar-refractivity contribution in [3.63, 3.8) is 0 Å². The van der Waals surface area contributed by atoms with Crippen LogP contribution in [0.1, 0.15) is 29.9 Å². The normalized spacial score (nSPS) is 19.6. The number of carbonyl (C=O) groups excluding carboxylic acids is 1. The monoisotopic (exact) mass is 375 g/mol. The zero-order valence-corrected chi connectivity index (χ0v) is 16.5. The number of benzene rings is 2. The summed E-state index contributed by atoms with van der Waals surface area (Å²) in [6.45, 7) is 7.22. The molecule has 28 heavy (non-hydrogen) atoms. The molecule has 0 bridgehead atoms. The minimum Gasteiger partial charge on any atom is -0.372 e. The molecule has 5 heteroatoms. The van der Waals surface area contributed by atoms with E-state index in [2.05, 4.69) is 0 Å². The number of hydrogen-bond donors (Lipinski definition) is 0. The third-order valence-corrected chi connectivity index (χ3v) is 4.98. The van der Waals surface area contributed by atoms with Gasteiger partial charge in [-0.15, -0.1) is 0 Å². The van der Waals surface area contributed by atoms with Gasteiger partial charge < -0.3 is 9.64 Å². The van der Waals surface area contributed by atoms with Crippen molar-refractivity contribution in [1.29, 1.82) is 0 Å². The number of morpholine rings is 1. The van der Waals surface area contributed by atoms with Crippen LogP contribution < -0.4 is 0 Å². The highest BCUT2D eigenvalue weighted by molar-refractivity contribution is 5.94. The molecule has 2 atom stereocenters. The summed E-state index contributed by atoms with van der Waals surface area (Å²) in [5.74, 6) is -0.0164. The quantitative estimate of drug-likeness (QED) is 0.692. The molecule has 1 amide bonds. The van der Waals surface area contributed by atoms with E-state index in [1.165, 1.54) is 5.56 Å². The Balaban J connectivity index is 1.77. The SMILES string of the molecule is Cc1ccc(-n2nc(-c3ccccc3)cc2C(=O)N2C[C@@H](C)O[C@@H](C)C2)cc1. The summed E-state index contributed by atoms with van der Waals surface area (Å²) < 4.78 is 7.55. The number of amides is 1. The van der Waals surface area contributed by atoms with E-state index in [-0.39, 0.29) is 18.1 Å². The number of aromatic nitrogens is 2. The summed E-state index contributed by atoms with van der Waals surface area (Å²) in [5.41, 5.74) is 4.40. The van der Waals surface area contributed by atoms with Crippen molar-refractivity contribution in [2.45, 2.75) is 33.0 Å². The molecule has 3 aromatic rings. The molecule has 1 fully saturated rings. The lowest BCUT2D eigenvalue weighted by molar-refractivity contribution is -0.0588. The van der Waals surface area contributed by atoms with Gasteiger partial charge in [-0.2, -0.15) is 5.10 Å². The van der Waals surface area contributed by atoms with Crippen molar-refractivity contribution < 1.29 is 9.53 Å². The third-order valence-electron chi connectivity index (χ3n) is 4.98. The number of aryl methyl sites for hydroxylation is 1. The lowest BCUT2D eigenvalue weighted by Crippen LogP contribution is -2.48. The topological polar surface area (TPSA) is 47.4 Å². The number of rotatable bonds is 3. The Bertz CT molecular complexity index is 953. The Labute approximate surface area is 165 Å². The molecule has 2 heterocycles. The van der Waals surface area contributed by atoms with Crippen LogP contribution in [0.5, 0.6) is 0 Å². The predicted molar refractivity (Wildman–Crippen MR) is 110 cm³/mol. The van der Waals surface area contributed by atoms with Crippen LogP contribution in [-0.4, -0.2) is 45.9 Å². The fraction of sp³-hybridized carbons (Fsp3) is 0.304. The van der Waals surface area contributed by atoms with Gasteiger partial charge in [-0.1, -0.05) is 48.0 Å². The van der Waals surface area contributed by atoms with Gasteiger partial charge in [0.25, 0.3) is 5.91 Å². The lowest BCUT2D eigenvalue weighted by Gasteiger charge is -2.35. The Morgan fingerprint density at radius 3 is 2.29 bits per heavy atom. The van der Waals surface area contributed by atoms with Gasteiger partial charge in [-0.05, 0) is 39.0 Å². The summed E-state index contributed by atoms with van der Waals surface area (Å²) in [6, 6.07) is 19.9. The van der Waals surface area contributed by atoms with Gasteiger partial charge in [0, 0.05) is 18.7 Å². The summed E-state index contributed by atoms with van der Waals surface area (Å²) >= 11 is 0. The first-order valence-electron chi connectivity index (χ1n) is 9.68. The molecule has 2 aromatic carbocycles. The summed E-state index contributed by atoms with van der Waals surface area (Å²) in [7, 11) is 0. The number of carbonyl (C=O) groups is 1. The largest absolute Gasteiger partial charge is 0.372 e. The summed E-state index contributed by atoms with van der Waals surface area (Å²) in [5, 5.41) is 4.77. The molecular weight excluding hydrogens is 350 g/mol. The summed E-state index contributed by atoms with van der Waals surface area (Å²) in [6.07, 6.45) is 0.0501. The number of ether oxygens (including phenoxy) is 1. The van der Waals surface area contributed by atoms with E-state index in [1.54, 1.807) is 4.68 Å². The van der Waals surface area contributed by atoms with Gasteiger partial charge in [0.1, 0.15) is 5.69 Å². The molecule has 144 valence electrons. The maximum absolute atomic E-state index is 13.4. The van der Waals surface area contributed by atoms with Crippen LogP contribution in [0.2, 0.25) is 0 Å². The Hall–Kier alpha value is -2.92. The van der Waals surface area contributed by atoms with Crippen LogP contribution in [0.4, 0.5) is 0 Å². The fourth-order valence-corrected chi connectivity index (χ4v) is 3.67. The predicted octanol–water partition coefficient (Wildman–Crippen LogP) is 4.10. The van der Waals surface area contributed by atoms with Crippen LogP contribution in [0.3, 0.4) is 0 Å². The van der Waals surface area contributed by atoms with E-state index in [1.807, 2.05) is 86.3 Å². The average molecular weight is 375 g/mol. The maximum Gasteiger partial charge on any atom is 0.272 e. The number of hydrogen-bond acceptors (Lipinski definition) is 3. The second-order valence-corrected chi connectivity index (χ2v) is 7.50. The molecule has 0 saturated carbocycles. The van der Waals surface area contributed by atoms with Crippen LogP contribution in [0, 0.1) is 6.92 Å². The molecule has 0 spiro atoms. The first-order valence-corrected chi connectivity index (χ1v) is 9.68. The smallest absolute Gasteiger partial charge is 0.272 e. The Kier molecular flexibility index (Phi) is 5.01. The summed E-state index contributed by atoms with van der Waals surface area (Å²) in [4.78, 5) is 15.3. The van der Waals surface area contributed by atoms with E-state index in [0.29, 0.717) is 18.8 Å². The maximum atomic E-state index is 13.4. The minimum atomic E-state index is -0.0164. The second kappa shape index (κ2) is 7.60. The highest BCUT2D eigenvalue weighted by atomic mass is 16.5. The fourth-order valence-electron chi connectivity index (χ4n) is 3.67. The zero-order chi connectivity index (χ0) is 19.7. The molecule has 5 nitrogen and oxygen atoms in total. The molecule has 0 N–H and O–H groups in total. The second-order valence-electron chi connectivity index (χ2n) is 7.50. The molecule has 0 unspecified atom stereocenters. The lowest BCUT2D eigenvalue weighted by atomic mass is 10.1. The van der Waals surface area contributed by atoms with Crippen molar-refractivity contribution in [1.82, 2.24) is 14.7 Å². The van der Waals surface area contributed by atoms with E-state index < -0.39 is 0 Å². The molecule has 0 aliphatic carbocycles. The van der Waals surface area contributed by atoms with E-state index in [0.717, 1.165) is 16.9 Å². The number of nitrogens with zero attached hydrogens (tertiary/aromatic N) is 3. The van der Waals surface area contributed by atoms with Crippen molar-refractivity contribution in [2.24, 2.45) is 0 Å². The molecular formula is C23H25N3O2.